The molecule has 0 amide bonds. The Bertz CT molecular complexity index is 2080. The SMILES string of the molecule is C=CCNS(=O)(=O)O[C@H]1[C@H](C)O[C@@H](O[C@H]2[C@H](C)O[C@@H](O[C@@H]3/C(C)=C/C[C@@H]4C[C@@H](C[C@]5(C=C[C@H](C)[C@@H](C(C)CC)O5)O4)OC(=O)[C@@H]4C=C(C)[C@@H](O)[C@H]5OC/C(=C\C=C\[C@@H]3C)[C@]54O)C[C@@H]2OC)C[C@@H]1OC. The van der Waals surface area contributed by atoms with Crippen LogP contribution in [0.25, 0.3) is 0 Å². The zero-order chi connectivity index (χ0) is 50.0. The van der Waals surface area contributed by atoms with Gasteiger partial charge in [0, 0.05) is 58.3 Å². The zero-order valence-electron chi connectivity index (χ0n) is 41.9. The highest BCUT2D eigenvalue weighted by Crippen LogP contribution is 2.47. The first-order chi connectivity index (χ1) is 32.7. The molecule has 69 heavy (non-hydrogen) atoms. The van der Waals surface area contributed by atoms with Gasteiger partial charge in [0.2, 0.25) is 0 Å². The minimum atomic E-state index is -4.10. The molecule has 0 aromatic rings. The summed E-state index contributed by atoms with van der Waals surface area (Å²) in [6, 6.07) is 0. The van der Waals surface area contributed by atoms with E-state index in [4.69, 9.17) is 51.6 Å². The number of aliphatic hydroxyl groups is 2. The first kappa shape index (κ1) is 54.1. The van der Waals surface area contributed by atoms with Gasteiger partial charge in [0.15, 0.2) is 18.4 Å². The van der Waals surface area contributed by atoms with Gasteiger partial charge in [-0.1, -0.05) is 76.6 Å². The van der Waals surface area contributed by atoms with Crippen molar-refractivity contribution in [3.8, 4) is 0 Å². The van der Waals surface area contributed by atoms with Gasteiger partial charge in [-0.05, 0) is 62.8 Å². The third-order valence-electron chi connectivity index (χ3n) is 15.1. The largest absolute Gasteiger partial charge is 0.462 e. The van der Waals surface area contributed by atoms with Crippen LogP contribution < -0.4 is 4.72 Å². The number of hydrogen-bond acceptors (Lipinski definition) is 16. The molecule has 6 aliphatic heterocycles. The summed E-state index contributed by atoms with van der Waals surface area (Å²) in [6.45, 7) is 19.4. The molecule has 18 heteroatoms. The van der Waals surface area contributed by atoms with E-state index in [0.29, 0.717) is 30.4 Å². The quantitative estimate of drug-likeness (QED) is 0.156. The number of rotatable bonds is 13. The van der Waals surface area contributed by atoms with Crippen molar-refractivity contribution in [2.24, 2.45) is 23.7 Å². The highest BCUT2D eigenvalue weighted by atomic mass is 32.2. The standard InChI is InChI=1S/C51H77NO16S/c1-12-21-52-69(56,57)68-47-34(9)62-42(25-40(47)59-11)65-46-33(8)61-41(24-39(46)58-10)64-44-29(4)15-14-16-35-27-60-48-43(53)32(7)22-38(51(35,48)55)49(54)63-37-23-36(18-17-30(44)5)66-50(26-37)20-19-31(6)45(67-50)28(3)13-2/h12,14-17,19-20,22,28-29,31,33-34,36-48,52-53,55H,1,13,18,21,23-27H2,2-11H3/b15-14+,30-17+,35-16+/t28?,29-,31-,33-,34-,36+,37-,38-,39-,40-,41-,42-,43+,44-,45+,46-,47-,48+,50+,51+/m0/s1. The van der Waals surface area contributed by atoms with Gasteiger partial charge in [0.25, 0.3) is 0 Å². The molecule has 0 aromatic heterocycles. The number of allylic oxidation sites excluding steroid dienone is 2. The van der Waals surface area contributed by atoms with Gasteiger partial charge in [-0.3, -0.25) is 4.79 Å². The molecule has 17 nitrogen and oxygen atoms in total. The summed E-state index contributed by atoms with van der Waals surface area (Å²) in [5, 5.41) is 23.8. The molecule has 0 radical (unpaired) electrons. The summed E-state index contributed by atoms with van der Waals surface area (Å²) in [7, 11) is -1.01. The highest BCUT2D eigenvalue weighted by Gasteiger charge is 2.60. The molecule has 6 heterocycles. The summed E-state index contributed by atoms with van der Waals surface area (Å²) < 4.78 is 97.1. The van der Waals surface area contributed by atoms with E-state index < -0.39 is 113 Å². The topological polar surface area (TPSA) is 205 Å². The van der Waals surface area contributed by atoms with Crippen molar-refractivity contribution in [3.05, 3.63) is 71.9 Å². The van der Waals surface area contributed by atoms with Crippen LogP contribution in [-0.4, -0.2) is 149 Å². The number of aliphatic hydroxyl groups excluding tert-OH is 1. The van der Waals surface area contributed by atoms with E-state index >= 15 is 0 Å². The molecule has 7 aliphatic rings. The molecule has 7 rings (SSSR count). The number of ether oxygens (including phenoxy) is 10. The molecule has 2 bridgehead atoms. The van der Waals surface area contributed by atoms with Crippen molar-refractivity contribution in [2.45, 2.75) is 191 Å². The van der Waals surface area contributed by atoms with Crippen molar-refractivity contribution in [3.63, 3.8) is 0 Å². The Hall–Kier alpha value is -2.66. The third-order valence-corrected chi connectivity index (χ3v) is 16.1. The average Bonchev–Trinajstić information content (AvgIpc) is 3.65. The van der Waals surface area contributed by atoms with Crippen molar-refractivity contribution < 1.29 is 75.0 Å². The first-order valence-electron chi connectivity index (χ1n) is 24.7. The number of methoxy groups -OCH3 is 2. The predicted molar refractivity (Wildman–Crippen MR) is 253 cm³/mol. The minimum absolute atomic E-state index is 0.00715. The number of carbonyl (C=O) groups is 1. The van der Waals surface area contributed by atoms with Gasteiger partial charge in [-0.15, -0.1) is 6.58 Å². The third kappa shape index (κ3) is 11.9. The minimum Gasteiger partial charge on any atom is -0.462 e. The van der Waals surface area contributed by atoms with E-state index in [1.54, 1.807) is 33.1 Å². The lowest BCUT2D eigenvalue weighted by atomic mass is 9.71. The molecule has 20 atom stereocenters. The number of carbonyl (C=O) groups excluding carboxylic acids is 1. The Balaban J connectivity index is 1.14. The van der Waals surface area contributed by atoms with Crippen LogP contribution in [0.2, 0.25) is 0 Å². The van der Waals surface area contributed by atoms with Crippen LogP contribution in [0.5, 0.6) is 0 Å². The molecule has 4 fully saturated rings. The average molecular weight is 992 g/mol. The summed E-state index contributed by atoms with van der Waals surface area (Å²) in [5.41, 5.74) is 0.0272. The predicted octanol–water partition coefficient (Wildman–Crippen LogP) is 5.42. The van der Waals surface area contributed by atoms with Crippen LogP contribution in [0.3, 0.4) is 0 Å². The van der Waals surface area contributed by atoms with Crippen molar-refractivity contribution in [1.82, 2.24) is 4.72 Å². The molecular weight excluding hydrogens is 915 g/mol. The molecule has 0 aromatic carbocycles. The normalized spacial score (nSPS) is 45.5. The number of esters is 1. The second kappa shape index (κ2) is 22.6. The molecule has 3 N–H and O–H groups in total. The van der Waals surface area contributed by atoms with E-state index in [-0.39, 0.29) is 49.9 Å². The van der Waals surface area contributed by atoms with E-state index in [1.807, 2.05) is 39.0 Å². The maximum atomic E-state index is 14.4. The van der Waals surface area contributed by atoms with Crippen molar-refractivity contribution in [2.75, 3.05) is 27.4 Å². The number of fused-ring (bicyclic) bond motifs is 2. The van der Waals surface area contributed by atoms with Crippen LogP contribution in [-0.2, 0) is 66.7 Å². The maximum absolute atomic E-state index is 14.4. The Kier molecular flexibility index (Phi) is 17.7. The Morgan fingerprint density at radius 2 is 1.62 bits per heavy atom. The molecule has 4 saturated heterocycles. The summed E-state index contributed by atoms with van der Waals surface area (Å²) in [5.74, 6) is -2.72. The Morgan fingerprint density at radius 3 is 2.30 bits per heavy atom. The lowest BCUT2D eigenvalue weighted by molar-refractivity contribution is -0.317. The van der Waals surface area contributed by atoms with Crippen LogP contribution in [0.1, 0.15) is 93.9 Å². The maximum Gasteiger partial charge on any atom is 0.336 e. The van der Waals surface area contributed by atoms with Crippen LogP contribution >= 0.6 is 0 Å². The fourth-order valence-electron chi connectivity index (χ4n) is 11.0. The molecule has 1 spiro atoms. The highest BCUT2D eigenvalue weighted by molar-refractivity contribution is 7.84. The number of hydrogen-bond donors (Lipinski definition) is 3. The molecule has 1 unspecified atom stereocenters. The first-order valence-corrected chi connectivity index (χ1v) is 26.1. The van der Waals surface area contributed by atoms with Crippen LogP contribution in [0.4, 0.5) is 0 Å². The van der Waals surface area contributed by atoms with Crippen LogP contribution in [0, 0.1) is 23.7 Å². The second-order valence-electron chi connectivity index (χ2n) is 20.1. The summed E-state index contributed by atoms with van der Waals surface area (Å²) in [4.78, 5) is 14.4. The zero-order valence-corrected chi connectivity index (χ0v) is 42.7. The number of nitrogens with one attached hydrogen (secondary N) is 1. The fourth-order valence-corrected chi connectivity index (χ4v) is 12.0. The van der Waals surface area contributed by atoms with Gasteiger partial charge in [-0.25, -0.2) is 4.18 Å². The molecule has 0 saturated carbocycles. The smallest absolute Gasteiger partial charge is 0.336 e. The summed E-state index contributed by atoms with van der Waals surface area (Å²) in [6.07, 6.45) is 8.09. The molecular formula is C51H77NO16S. The Labute approximate surface area is 408 Å². The Morgan fingerprint density at radius 1 is 0.942 bits per heavy atom. The lowest BCUT2D eigenvalue weighted by Crippen LogP contribution is -2.58. The van der Waals surface area contributed by atoms with Crippen molar-refractivity contribution >= 4 is 16.3 Å². The van der Waals surface area contributed by atoms with E-state index in [9.17, 15) is 23.4 Å². The second-order valence-corrected chi connectivity index (χ2v) is 21.5. The van der Waals surface area contributed by atoms with Gasteiger partial charge in [0.1, 0.15) is 42.0 Å². The van der Waals surface area contributed by atoms with Gasteiger partial charge in [-0.2, -0.15) is 13.1 Å². The van der Waals surface area contributed by atoms with E-state index in [2.05, 4.69) is 44.2 Å². The monoisotopic (exact) mass is 991 g/mol. The lowest BCUT2D eigenvalue weighted by Gasteiger charge is -2.48. The molecule has 388 valence electrons. The van der Waals surface area contributed by atoms with E-state index in [1.165, 1.54) is 13.2 Å². The molecule has 1 aliphatic carbocycles. The van der Waals surface area contributed by atoms with Crippen LogP contribution in [0.15, 0.2) is 71.9 Å². The van der Waals surface area contributed by atoms with Gasteiger partial charge >= 0.3 is 16.3 Å². The van der Waals surface area contributed by atoms with Crippen molar-refractivity contribution in [1.29, 1.82) is 0 Å². The summed E-state index contributed by atoms with van der Waals surface area (Å²) >= 11 is 0. The van der Waals surface area contributed by atoms with Gasteiger partial charge < -0.3 is 57.6 Å². The fraction of sp³-hybridized carbons (Fsp3) is 0.745. The van der Waals surface area contributed by atoms with E-state index in [0.717, 1.165) is 12.0 Å². The van der Waals surface area contributed by atoms with Gasteiger partial charge in [0.05, 0.1) is 49.3 Å².